The summed E-state index contributed by atoms with van der Waals surface area (Å²) in [7, 11) is 0. The quantitative estimate of drug-likeness (QED) is 0.612. The Balaban J connectivity index is 2.44. The van der Waals surface area contributed by atoms with E-state index in [-0.39, 0.29) is 22.7 Å². The van der Waals surface area contributed by atoms with Gasteiger partial charge in [0.05, 0.1) is 11.4 Å². The van der Waals surface area contributed by atoms with Gasteiger partial charge in [0.15, 0.2) is 0 Å². The number of fused-ring (bicyclic) bond motifs is 1. The largest absolute Gasteiger partial charge is 0.506 e. The molecule has 1 atom stereocenters. The van der Waals surface area contributed by atoms with Gasteiger partial charge in [-0.2, -0.15) is 0 Å². The van der Waals surface area contributed by atoms with Crippen LogP contribution in [0.3, 0.4) is 0 Å². The third kappa shape index (κ3) is 1.99. The highest BCUT2D eigenvalue weighted by Gasteiger charge is 2.27. The van der Waals surface area contributed by atoms with Crippen molar-refractivity contribution in [3.05, 3.63) is 22.7 Å². The number of hydrogen-bond donors (Lipinski definition) is 2. The lowest BCUT2D eigenvalue weighted by Gasteiger charge is -2.24. The van der Waals surface area contributed by atoms with Gasteiger partial charge in [-0.15, -0.1) is 0 Å². The zero-order valence-corrected chi connectivity index (χ0v) is 9.33. The van der Waals surface area contributed by atoms with Crippen LogP contribution in [0.1, 0.15) is 24.3 Å². The molecule has 2 rings (SSSR count). The molecule has 1 aromatic rings. The zero-order valence-electron chi connectivity index (χ0n) is 8.57. The van der Waals surface area contributed by atoms with Crippen molar-refractivity contribution in [1.82, 2.24) is 0 Å². The second-order valence-corrected chi connectivity index (χ2v) is 4.20. The maximum absolute atomic E-state index is 11.3. The third-order valence-electron chi connectivity index (χ3n) is 2.67. The van der Waals surface area contributed by atoms with E-state index < -0.39 is 0 Å². The van der Waals surface area contributed by atoms with Crippen molar-refractivity contribution >= 4 is 17.6 Å². The van der Waals surface area contributed by atoms with Crippen molar-refractivity contribution in [1.29, 1.82) is 0 Å². The average molecular weight is 242 g/mol. The fourth-order valence-corrected chi connectivity index (χ4v) is 2.07. The number of ether oxygens (including phenoxy) is 1. The van der Waals surface area contributed by atoms with Crippen LogP contribution < -0.4 is 10.5 Å². The number of phenolic OH excluding ortho intramolecular Hbond substituents is 1. The summed E-state index contributed by atoms with van der Waals surface area (Å²) < 4.78 is 5.05. The van der Waals surface area contributed by atoms with Crippen LogP contribution in [-0.4, -0.2) is 17.6 Å². The van der Waals surface area contributed by atoms with Crippen LogP contribution in [0.25, 0.3) is 0 Å². The summed E-state index contributed by atoms with van der Waals surface area (Å²) in [5.41, 5.74) is 6.34. The normalized spacial score (nSPS) is 19.1. The van der Waals surface area contributed by atoms with Gasteiger partial charge in [-0.1, -0.05) is 11.6 Å². The van der Waals surface area contributed by atoms with Gasteiger partial charge in [-0.25, -0.2) is 0 Å². The van der Waals surface area contributed by atoms with Crippen molar-refractivity contribution in [2.75, 3.05) is 6.54 Å². The Kier molecular flexibility index (Phi) is 3.03. The van der Waals surface area contributed by atoms with Gasteiger partial charge in [0, 0.05) is 11.6 Å². The molecule has 1 unspecified atom stereocenters. The topological polar surface area (TPSA) is 72.6 Å². The number of aromatic hydroxyl groups is 1. The number of nitrogens with two attached hydrogens (primary N) is 1. The average Bonchev–Trinajstić information content (AvgIpc) is 2.21. The smallest absolute Gasteiger partial charge is 0.311 e. The van der Waals surface area contributed by atoms with Gasteiger partial charge >= 0.3 is 5.97 Å². The minimum Gasteiger partial charge on any atom is -0.506 e. The molecule has 0 spiro atoms. The Hall–Kier alpha value is -1.26. The minimum absolute atomic E-state index is 0.0272. The van der Waals surface area contributed by atoms with E-state index in [0.717, 1.165) is 5.56 Å². The fourth-order valence-electron chi connectivity index (χ4n) is 1.90. The summed E-state index contributed by atoms with van der Waals surface area (Å²) >= 11 is 5.83. The van der Waals surface area contributed by atoms with Crippen LogP contribution in [-0.2, 0) is 4.79 Å². The lowest BCUT2D eigenvalue weighted by molar-refractivity contribution is -0.135. The molecule has 4 nitrogen and oxygen atoms in total. The minimum atomic E-state index is -0.298. The molecule has 0 saturated carbocycles. The van der Waals surface area contributed by atoms with Crippen molar-refractivity contribution in [2.24, 2.45) is 5.73 Å². The molecule has 86 valence electrons. The highest BCUT2D eigenvalue weighted by Crippen LogP contribution is 2.41. The summed E-state index contributed by atoms with van der Waals surface area (Å²) in [6, 6.07) is 3.01. The van der Waals surface area contributed by atoms with Gasteiger partial charge in [0.1, 0.15) is 11.5 Å². The molecule has 1 aliphatic rings. The molecule has 0 aliphatic carbocycles. The number of carbonyl (C=O) groups excluding carboxylic acids is 1. The fraction of sp³-hybridized carbons (Fsp3) is 0.364. The summed E-state index contributed by atoms with van der Waals surface area (Å²) in [6.45, 7) is 0.496. The molecule has 1 heterocycles. The molecule has 0 saturated heterocycles. The molecule has 0 radical (unpaired) electrons. The molecule has 1 aliphatic heterocycles. The number of esters is 1. The standard InChI is InChI=1S/C11H12ClNO3/c12-8-4-7-6(1-2-13)3-11(15)16-10(7)5-9(8)14/h4-6,14H,1-3,13H2. The zero-order chi connectivity index (χ0) is 11.7. The number of halogens is 1. The SMILES string of the molecule is NCCC1CC(=O)Oc2cc(O)c(Cl)cc21. The van der Waals surface area contributed by atoms with E-state index in [2.05, 4.69) is 0 Å². The highest BCUT2D eigenvalue weighted by atomic mass is 35.5. The molecule has 3 N–H and O–H groups in total. The van der Waals surface area contributed by atoms with Crippen LogP contribution >= 0.6 is 11.6 Å². The molecule has 0 amide bonds. The van der Waals surface area contributed by atoms with Gasteiger partial charge in [0.2, 0.25) is 0 Å². The Morgan fingerprint density at radius 1 is 1.56 bits per heavy atom. The first-order chi connectivity index (χ1) is 7.61. The first-order valence-corrected chi connectivity index (χ1v) is 5.42. The molecular weight excluding hydrogens is 230 g/mol. The summed E-state index contributed by atoms with van der Waals surface area (Å²) in [6.07, 6.45) is 1.01. The predicted octanol–water partition coefficient (Wildman–Crippen LogP) is 1.79. The van der Waals surface area contributed by atoms with Crippen LogP contribution in [0.4, 0.5) is 0 Å². The molecule has 5 heteroatoms. The van der Waals surface area contributed by atoms with Crippen molar-refractivity contribution < 1.29 is 14.6 Å². The molecule has 0 aromatic heterocycles. The number of phenols is 1. The van der Waals surface area contributed by atoms with Gasteiger partial charge in [0.25, 0.3) is 0 Å². The first-order valence-electron chi connectivity index (χ1n) is 5.05. The van der Waals surface area contributed by atoms with E-state index in [9.17, 15) is 9.90 Å². The monoisotopic (exact) mass is 241 g/mol. The van der Waals surface area contributed by atoms with E-state index in [1.165, 1.54) is 6.07 Å². The van der Waals surface area contributed by atoms with Crippen molar-refractivity contribution in [2.45, 2.75) is 18.8 Å². The van der Waals surface area contributed by atoms with E-state index in [1.54, 1.807) is 6.07 Å². The van der Waals surface area contributed by atoms with Crippen LogP contribution in [0, 0.1) is 0 Å². The molecular formula is C11H12ClNO3. The Morgan fingerprint density at radius 3 is 3.00 bits per heavy atom. The maximum Gasteiger partial charge on any atom is 0.311 e. The second kappa shape index (κ2) is 4.31. The van der Waals surface area contributed by atoms with Crippen LogP contribution in [0.5, 0.6) is 11.5 Å². The van der Waals surface area contributed by atoms with Gasteiger partial charge in [-0.3, -0.25) is 4.79 Å². The molecule has 1 aromatic carbocycles. The van der Waals surface area contributed by atoms with E-state index in [4.69, 9.17) is 22.1 Å². The summed E-state index contributed by atoms with van der Waals surface area (Å²) in [5, 5.41) is 9.69. The van der Waals surface area contributed by atoms with E-state index in [1.807, 2.05) is 0 Å². The Labute approximate surface area is 98.0 Å². The maximum atomic E-state index is 11.3. The lowest BCUT2D eigenvalue weighted by atomic mass is 9.90. The molecule has 0 fully saturated rings. The highest BCUT2D eigenvalue weighted by molar-refractivity contribution is 6.32. The number of carbonyl (C=O) groups is 1. The molecule has 0 bridgehead atoms. The van der Waals surface area contributed by atoms with Crippen LogP contribution in [0.15, 0.2) is 12.1 Å². The second-order valence-electron chi connectivity index (χ2n) is 3.79. The number of hydrogen-bond acceptors (Lipinski definition) is 4. The Morgan fingerprint density at radius 2 is 2.31 bits per heavy atom. The van der Waals surface area contributed by atoms with Crippen molar-refractivity contribution in [3.63, 3.8) is 0 Å². The number of rotatable bonds is 2. The summed E-state index contributed by atoms with van der Waals surface area (Å²) in [5.74, 6) is 0.0326. The first kappa shape index (κ1) is 11.2. The van der Waals surface area contributed by atoms with Gasteiger partial charge < -0.3 is 15.6 Å². The predicted molar refractivity (Wildman–Crippen MR) is 59.8 cm³/mol. The van der Waals surface area contributed by atoms with Crippen molar-refractivity contribution in [3.8, 4) is 11.5 Å². The van der Waals surface area contributed by atoms with E-state index in [0.29, 0.717) is 25.1 Å². The lowest BCUT2D eigenvalue weighted by Crippen LogP contribution is -2.22. The molecule has 16 heavy (non-hydrogen) atoms. The van der Waals surface area contributed by atoms with E-state index >= 15 is 0 Å². The third-order valence-corrected chi connectivity index (χ3v) is 2.97. The number of benzene rings is 1. The van der Waals surface area contributed by atoms with Gasteiger partial charge in [-0.05, 0) is 24.9 Å². The van der Waals surface area contributed by atoms with Crippen LogP contribution in [0.2, 0.25) is 5.02 Å². The Bertz CT molecular complexity index is 433. The summed E-state index contributed by atoms with van der Waals surface area (Å²) in [4.78, 5) is 11.3.